The van der Waals surface area contributed by atoms with Gasteiger partial charge in [-0.25, -0.2) is 34.6 Å². The van der Waals surface area contributed by atoms with E-state index in [1.54, 1.807) is 30.9 Å². The third-order valence-corrected chi connectivity index (χ3v) is 10.6. The monoisotopic (exact) mass is 789 g/mol. The lowest BCUT2D eigenvalue weighted by molar-refractivity contribution is -0.131. The first-order valence-electron chi connectivity index (χ1n) is 19.6. The van der Waals surface area contributed by atoms with Crippen LogP contribution in [-0.4, -0.2) is 132 Å². The van der Waals surface area contributed by atoms with Gasteiger partial charge in [0.15, 0.2) is 11.2 Å². The number of benzene rings is 1. The summed E-state index contributed by atoms with van der Waals surface area (Å²) in [6.45, 7) is 8.32. The number of amides is 2. The number of piperazine rings is 2. The largest absolute Gasteiger partial charge is 0.424 e. The zero-order valence-corrected chi connectivity index (χ0v) is 32.2. The lowest BCUT2D eigenvalue weighted by atomic mass is 10.1. The minimum Gasteiger partial charge on any atom is -0.424 e. The third-order valence-electron chi connectivity index (χ3n) is 10.6. The van der Waals surface area contributed by atoms with Gasteiger partial charge in [-0.3, -0.25) is 14.5 Å². The molecule has 0 aliphatic carbocycles. The normalized spacial score (nSPS) is 15.1. The zero-order valence-electron chi connectivity index (χ0n) is 32.2. The van der Waals surface area contributed by atoms with Crippen molar-refractivity contribution < 1.29 is 14.0 Å². The molecule has 20 heteroatoms. The Morgan fingerprint density at radius 2 is 1.50 bits per heavy atom. The molecule has 20 nitrogen and oxygen atoms in total. The molecule has 2 aliphatic heterocycles. The predicted molar refractivity (Wildman–Crippen MR) is 217 cm³/mol. The second-order valence-electron chi connectivity index (χ2n) is 14.4. The van der Waals surface area contributed by atoms with Crippen molar-refractivity contribution in [2.75, 3.05) is 86.7 Å². The van der Waals surface area contributed by atoms with Gasteiger partial charge in [-0.1, -0.05) is 0 Å². The van der Waals surface area contributed by atoms with E-state index in [4.69, 9.17) is 26.7 Å². The summed E-state index contributed by atoms with van der Waals surface area (Å²) in [5, 5.41) is 8.45. The van der Waals surface area contributed by atoms with Crippen LogP contribution in [0.25, 0.3) is 33.4 Å². The van der Waals surface area contributed by atoms with Gasteiger partial charge in [0.1, 0.15) is 23.4 Å². The molecule has 2 amide bonds. The van der Waals surface area contributed by atoms with Crippen LogP contribution in [0.2, 0.25) is 0 Å². The minimum atomic E-state index is -0.226. The van der Waals surface area contributed by atoms with Gasteiger partial charge in [0, 0.05) is 114 Å². The molecule has 0 radical (unpaired) electrons. The maximum Gasteiger partial charge on any atom is 0.292 e. The number of aromatic nitrogens is 9. The van der Waals surface area contributed by atoms with Crippen molar-refractivity contribution in [3.63, 3.8) is 0 Å². The lowest BCUT2D eigenvalue weighted by Crippen LogP contribution is -2.49. The van der Waals surface area contributed by atoms with E-state index in [1.807, 2.05) is 21.7 Å². The number of nitrogens with two attached hydrogens (primary N) is 3. The van der Waals surface area contributed by atoms with Crippen LogP contribution in [0.4, 0.5) is 23.7 Å². The minimum absolute atomic E-state index is 0.0936. The topological polar surface area (TPSA) is 258 Å². The van der Waals surface area contributed by atoms with Crippen LogP contribution in [0.1, 0.15) is 41.6 Å². The van der Waals surface area contributed by atoms with Crippen LogP contribution in [-0.2, 0) is 17.9 Å². The van der Waals surface area contributed by atoms with Gasteiger partial charge >= 0.3 is 0 Å². The Hall–Kier alpha value is -6.54. The number of fused-ring (bicyclic) bond motifs is 2. The van der Waals surface area contributed by atoms with Crippen LogP contribution >= 0.6 is 0 Å². The molecule has 5 aromatic heterocycles. The molecule has 2 aliphatic rings. The zero-order chi connectivity index (χ0) is 40.0. The lowest BCUT2D eigenvalue weighted by Gasteiger charge is -2.36. The van der Waals surface area contributed by atoms with E-state index < -0.39 is 0 Å². The van der Waals surface area contributed by atoms with E-state index in [1.165, 1.54) is 6.33 Å². The van der Waals surface area contributed by atoms with E-state index in [9.17, 15) is 9.59 Å². The van der Waals surface area contributed by atoms with E-state index >= 15 is 0 Å². The second kappa shape index (κ2) is 17.3. The number of nitrogens with one attached hydrogen (secondary N) is 1. The molecule has 2 fully saturated rings. The average Bonchev–Trinajstić information content (AvgIpc) is 3.83. The Labute approximate surface area is 333 Å². The van der Waals surface area contributed by atoms with E-state index in [0.29, 0.717) is 110 Å². The molecular weight excluding hydrogens is 743 g/mol. The number of hydrogen-bond acceptors (Lipinski definition) is 17. The highest BCUT2D eigenvalue weighted by Gasteiger charge is 2.24. The molecule has 1 aromatic carbocycles. The summed E-state index contributed by atoms with van der Waals surface area (Å²) < 4.78 is 7.22. The Kier molecular flexibility index (Phi) is 11.4. The number of carbonyl (C=O) groups is 2. The van der Waals surface area contributed by atoms with Gasteiger partial charge in [0.05, 0.1) is 10.9 Å². The van der Waals surface area contributed by atoms with Crippen molar-refractivity contribution in [3.05, 3.63) is 60.4 Å². The van der Waals surface area contributed by atoms with Crippen molar-refractivity contribution in [3.8, 4) is 11.3 Å². The third kappa shape index (κ3) is 8.56. The molecule has 0 unspecified atom stereocenters. The van der Waals surface area contributed by atoms with Gasteiger partial charge in [0.2, 0.25) is 17.8 Å². The quantitative estimate of drug-likeness (QED) is 0.113. The fourth-order valence-electron chi connectivity index (χ4n) is 7.33. The summed E-state index contributed by atoms with van der Waals surface area (Å²) in [7, 11) is 0. The molecule has 0 atom stereocenters. The van der Waals surface area contributed by atoms with Gasteiger partial charge in [-0.2, -0.15) is 10.1 Å². The molecule has 0 spiro atoms. The number of nitrogens with zero attached hydrogens (tertiary/aromatic N) is 13. The summed E-state index contributed by atoms with van der Waals surface area (Å²) in [5.74, 6) is 1.58. The number of oxazole rings is 1. The van der Waals surface area contributed by atoms with Crippen LogP contribution in [0.15, 0.2) is 53.7 Å². The van der Waals surface area contributed by atoms with E-state index in [-0.39, 0.29) is 17.8 Å². The molecule has 7 N–H and O–H groups in total. The summed E-state index contributed by atoms with van der Waals surface area (Å²) in [6, 6.07) is 5.61. The number of unbranched alkanes of at least 4 members (excludes halogenated alkanes) is 1. The first kappa shape index (κ1) is 38.3. The van der Waals surface area contributed by atoms with Gasteiger partial charge < -0.3 is 41.6 Å². The van der Waals surface area contributed by atoms with Crippen molar-refractivity contribution in [2.24, 2.45) is 5.73 Å². The first-order valence-corrected chi connectivity index (χ1v) is 19.6. The molecule has 7 heterocycles. The van der Waals surface area contributed by atoms with Crippen molar-refractivity contribution in [2.45, 2.75) is 38.8 Å². The number of anilines is 4. The Bertz CT molecular complexity index is 2350. The number of aryl methyl sites for hydroxylation is 1. The fraction of sp³-hybridized carbons (Fsp3) is 0.421. The molecular formula is C38H47N17O3. The van der Waals surface area contributed by atoms with E-state index in [0.717, 1.165) is 56.7 Å². The summed E-state index contributed by atoms with van der Waals surface area (Å²) in [4.78, 5) is 65.1. The smallest absolute Gasteiger partial charge is 0.292 e. The van der Waals surface area contributed by atoms with E-state index in [2.05, 4.69) is 54.9 Å². The highest BCUT2D eigenvalue weighted by molar-refractivity contribution is 5.99. The maximum absolute atomic E-state index is 12.9. The summed E-state index contributed by atoms with van der Waals surface area (Å²) in [6.07, 6.45) is 10.9. The molecule has 0 saturated carbocycles. The van der Waals surface area contributed by atoms with Crippen LogP contribution in [0, 0.1) is 0 Å². The number of rotatable bonds is 14. The van der Waals surface area contributed by atoms with Crippen LogP contribution in [0.3, 0.4) is 0 Å². The Morgan fingerprint density at radius 3 is 2.22 bits per heavy atom. The van der Waals surface area contributed by atoms with Crippen LogP contribution < -0.4 is 32.3 Å². The molecule has 2 saturated heterocycles. The van der Waals surface area contributed by atoms with Crippen molar-refractivity contribution in [1.29, 1.82) is 0 Å². The standard InChI is InChI=1S/C38H47N17O3/c39-19-25-20-43-37(44-21-25)54-16-14-52(15-17-54)30(56)4-3-8-51-10-12-53(13-11-51)38-45-22-27(23-46-38)35(57)42-7-1-2-9-55-34-31(33(40)47-24-48-34)32(50-55)26-5-6-29-28(18-26)49-36(41)58-29/h5-6,18,20-24H,1-4,7-17,19,39H2,(H2,41,49)(H,42,57)(H2,40,47,48). The van der Waals surface area contributed by atoms with Gasteiger partial charge in [-0.05, 0) is 44.0 Å². The Morgan fingerprint density at radius 1 is 0.793 bits per heavy atom. The van der Waals surface area contributed by atoms with Gasteiger partial charge in [0.25, 0.3) is 11.9 Å². The molecule has 0 bridgehead atoms. The fourth-order valence-corrected chi connectivity index (χ4v) is 7.33. The second-order valence-corrected chi connectivity index (χ2v) is 14.4. The Balaban J connectivity index is 0.736. The highest BCUT2D eigenvalue weighted by Crippen LogP contribution is 2.32. The number of nitrogen functional groups attached to an aromatic ring is 2. The number of carbonyl (C=O) groups excluding carboxylic acids is 2. The molecule has 8 rings (SSSR count). The summed E-state index contributed by atoms with van der Waals surface area (Å²) >= 11 is 0. The molecule has 302 valence electrons. The van der Waals surface area contributed by atoms with Crippen molar-refractivity contribution >= 4 is 57.7 Å². The molecule has 58 heavy (non-hydrogen) atoms. The molecule has 6 aromatic rings. The van der Waals surface area contributed by atoms with Crippen LogP contribution in [0.5, 0.6) is 0 Å². The maximum atomic E-state index is 12.9. The summed E-state index contributed by atoms with van der Waals surface area (Å²) in [5.41, 5.74) is 22.2. The highest BCUT2D eigenvalue weighted by atomic mass is 16.4. The average molecular weight is 790 g/mol. The number of hydrogen-bond donors (Lipinski definition) is 4. The predicted octanol–water partition coefficient (Wildman–Crippen LogP) is 1.30. The SMILES string of the molecule is NCc1cnc(N2CCN(C(=O)CCCN3CCN(c4ncc(C(=O)NCCCCn5nc(-c6ccc7oc(N)nc7c6)c6c(N)ncnc65)cn4)CC3)CC2)nc1. The van der Waals surface area contributed by atoms with Crippen molar-refractivity contribution in [1.82, 2.24) is 59.8 Å². The van der Waals surface area contributed by atoms with Gasteiger partial charge in [-0.15, -0.1) is 0 Å². The first-order chi connectivity index (χ1) is 28.3.